The number of carbonyl (C=O) groups is 1. The third kappa shape index (κ3) is 2.81. The van der Waals surface area contributed by atoms with Crippen molar-refractivity contribution < 1.29 is 9.90 Å². The Morgan fingerprint density at radius 3 is 2.75 bits per heavy atom. The van der Waals surface area contributed by atoms with Crippen LogP contribution in [0.5, 0.6) is 5.75 Å². The Kier molecular flexibility index (Phi) is 4.06. The zero-order chi connectivity index (χ0) is 14.9. The highest BCUT2D eigenvalue weighted by atomic mass is 32.1. The number of phenols is 1. The molecule has 106 valence electrons. The smallest absolute Gasteiger partial charge is 0.275 e. The van der Waals surface area contributed by atoms with Crippen molar-refractivity contribution in [1.29, 1.82) is 0 Å². The molecule has 20 heavy (non-hydrogen) atoms. The van der Waals surface area contributed by atoms with E-state index in [1.54, 1.807) is 24.4 Å². The van der Waals surface area contributed by atoms with Gasteiger partial charge in [-0.2, -0.15) is 0 Å². The first-order chi connectivity index (χ1) is 9.40. The van der Waals surface area contributed by atoms with Crippen LogP contribution in [-0.4, -0.2) is 16.0 Å². The van der Waals surface area contributed by atoms with Crippen molar-refractivity contribution in [3.05, 3.63) is 39.3 Å². The van der Waals surface area contributed by atoms with E-state index in [1.165, 1.54) is 11.3 Å². The topological polar surface area (TPSA) is 88.2 Å². The molecule has 1 unspecified atom stereocenters. The molecule has 0 aliphatic carbocycles. The van der Waals surface area contributed by atoms with E-state index in [1.807, 2.05) is 13.8 Å². The van der Waals surface area contributed by atoms with Crippen LogP contribution in [0.1, 0.15) is 39.6 Å². The first kappa shape index (κ1) is 14.5. The van der Waals surface area contributed by atoms with Crippen LogP contribution in [0.15, 0.2) is 17.5 Å². The molecule has 0 saturated heterocycles. The Bertz CT molecular complexity index is 650. The highest BCUT2D eigenvalue weighted by Gasteiger charge is 2.15. The minimum absolute atomic E-state index is 0.188. The number of carbonyl (C=O) groups excluding carboxylic acids is 1. The van der Waals surface area contributed by atoms with Crippen molar-refractivity contribution in [3.8, 4) is 5.75 Å². The van der Waals surface area contributed by atoms with Crippen LogP contribution in [-0.2, 0) is 0 Å². The number of aromatic nitrogens is 1. The molecule has 0 saturated carbocycles. The van der Waals surface area contributed by atoms with Crippen LogP contribution in [0.25, 0.3) is 0 Å². The van der Waals surface area contributed by atoms with Crippen LogP contribution in [0.2, 0.25) is 0 Å². The number of amides is 1. The number of phenolic OH excluding ortho intramolecular Hbond substituents is 1. The summed E-state index contributed by atoms with van der Waals surface area (Å²) >= 11 is 1.36. The van der Waals surface area contributed by atoms with Crippen LogP contribution < -0.4 is 11.1 Å². The van der Waals surface area contributed by atoms with Crippen molar-refractivity contribution in [2.24, 2.45) is 5.73 Å². The lowest BCUT2D eigenvalue weighted by molar-refractivity contribution is 0.102. The molecule has 2 aromatic rings. The number of hydrogen-bond donors (Lipinski definition) is 3. The van der Waals surface area contributed by atoms with Crippen LogP contribution in [0.3, 0.4) is 0 Å². The van der Waals surface area contributed by atoms with Gasteiger partial charge in [0, 0.05) is 16.6 Å². The fraction of sp³-hybridized carbons (Fsp3) is 0.286. The quantitative estimate of drug-likeness (QED) is 0.811. The third-order valence-corrected chi connectivity index (χ3v) is 4.07. The van der Waals surface area contributed by atoms with E-state index in [2.05, 4.69) is 10.3 Å². The summed E-state index contributed by atoms with van der Waals surface area (Å²) in [5, 5.41) is 15.0. The normalized spacial score (nSPS) is 12.2. The predicted molar refractivity (Wildman–Crippen MR) is 80.3 cm³/mol. The maximum atomic E-state index is 12.1. The second kappa shape index (κ2) is 5.60. The van der Waals surface area contributed by atoms with Crippen molar-refractivity contribution >= 4 is 22.9 Å². The number of nitrogens with two attached hydrogens (primary N) is 1. The second-order valence-corrected chi connectivity index (χ2v) is 5.61. The first-order valence-corrected chi connectivity index (χ1v) is 7.09. The predicted octanol–water partition coefficient (Wildman–Crippen LogP) is 2.74. The maximum Gasteiger partial charge on any atom is 0.275 e. The number of benzene rings is 1. The molecule has 1 aromatic carbocycles. The first-order valence-electron chi connectivity index (χ1n) is 6.21. The minimum atomic E-state index is -0.306. The molecule has 1 heterocycles. The molecular formula is C14H17N3O2S. The van der Waals surface area contributed by atoms with Crippen molar-refractivity contribution in [2.45, 2.75) is 26.8 Å². The molecule has 0 aliphatic heterocycles. The minimum Gasteiger partial charge on any atom is -0.507 e. The molecule has 0 aliphatic rings. The lowest BCUT2D eigenvalue weighted by Crippen LogP contribution is -2.14. The van der Waals surface area contributed by atoms with E-state index in [4.69, 9.17) is 5.73 Å². The molecule has 1 amide bonds. The van der Waals surface area contributed by atoms with E-state index in [9.17, 15) is 9.90 Å². The van der Waals surface area contributed by atoms with E-state index in [0.29, 0.717) is 16.9 Å². The van der Waals surface area contributed by atoms with Gasteiger partial charge < -0.3 is 16.2 Å². The maximum absolute atomic E-state index is 12.1. The molecule has 5 nitrogen and oxygen atoms in total. The van der Waals surface area contributed by atoms with Gasteiger partial charge in [0.1, 0.15) is 16.5 Å². The summed E-state index contributed by atoms with van der Waals surface area (Å²) in [5.74, 6) is -0.114. The average molecular weight is 291 g/mol. The van der Waals surface area contributed by atoms with Crippen LogP contribution in [0, 0.1) is 13.8 Å². The monoisotopic (exact) mass is 291 g/mol. The Labute approximate surface area is 121 Å². The van der Waals surface area contributed by atoms with Crippen molar-refractivity contribution in [3.63, 3.8) is 0 Å². The zero-order valence-corrected chi connectivity index (χ0v) is 12.4. The summed E-state index contributed by atoms with van der Waals surface area (Å²) in [6.07, 6.45) is 0. The number of rotatable bonds is 3. The number of aryl methyl sites for hydroxylation is 1. The molecule has 1 aromatic heterocycles. The van der Waals surface area contributed by atoms with Gasteiger partial charge in [0.05, 0.1) is 6.04 Å². The van der Waals surface area contributed by atoms with Crippen molar-refractivity contribution in [1.82, 2.24) is 4.98 Å². The molecular weight excluding hydrogens is 274 g/mol. The summed E-state index contributed by atoms with van der Waals surface area (Å²) in [6.45, 7) is 5.39. The molecule has 0 radical (unpaired) electrons. The number of thiazole rings is 1. The van der Waals surface area contributed by atoms with Gasteiger partial charge in [-0.3, -0.25) is 4.79 Å². The highest BCUT2D eigenvalue weighted by Crippen LogP contribution is 2.28. The Morgan fingerprint density at radius 2 is 2.15 bits per heavy atom. The van der Waals surface area contributed by atoms with Gasteiger partial charge in [0.2, 0.25) is 0 Å². The van der Waals surface area contributed by atoms with Crippen LogP contribution in [0.4, 0.5) is 5.69 Å². The molecule has 1 atom stereocenters. The fourth-order valence-electron chi connectivity index (χ4n) is 1.76. The van der Waals surface area contributed by atoms with E-state index < -0.39 is 0 Å². The molecule has 6 heteroatoms. The Morgan fingerprint density at radius 1 is 1.45 bits per heavy atom. The molecule has 2 rings (SSSR count). The van der Waals surface area contributed by atoms with E-state index >= 15 is 0 Å². The number of aromatic hydroxyl groups is 1. The van der Waals surface area contributed by atoms with E-state index in [-0.39, 0.29) is 17.7 Å². The van der Waals surface area contributed by atoms with Gasteiger partial charge in [0.25, 0.3) is 5.91 Å². The zero-order valence-electron chi connectivity index (χ0n) is 11.6. The summed E-state index contributed by atoms with van der Waals surface area (Å²) in [5.41, 5.74) is 8.05. The van der Waals surface area contributed by atoms with Gasteiger partial charge in [-0.15, -0.1) is 11.3 Å². The van der Waals surface area contributed by atoms with Gasteiger partial charge in [-0.1, -0.05) is 6.07 Å². The third-order valence-electron chi connectivity index (χ3n) is 3.03. The second-order valence-electron chi connectivity index (χ2n) is 4.72. The van der Waals surface area contributed by atoms with Gasteiger partial charge in [-0.05, 0) is 32.4 Å². The van der Waals surface area contributed by atoms with Gasteiger partial charge >= 0.3 is 0 Å². The molecule has 0 bridgehead atoms. The van der Waals surface area contributed by atoms with E-state index in [0.717, 1.165) is 10.6 Å². The lowest BCUT2D eigenvalue weighted by atomic mass is 10.1. The Balaban J connectivity index is 2.21. The lowest BCUT2D eigenvalue weighted by Gasteiger charge is -2.10. The SMILES string of the molecule is Cc1ccc(NC(=O)c2csc(C(C)N)n2)c(C)c1O. The fourth-order valence-corrected chi connectivity index (χ4v) is 2.52. The van der Waals surface area contributed by atoms with Crippen molar-refractivity contribution in [2.75, 3.05) is 5.32 Å². The van der Waals surface area contributed by atoms with Gasteiger partial charge in [-0.25, -0.2) is 4.98 Å². The molecule has 0 fully saturated rings. The number of nitrogens with one attached hydrogen (secondary N) is 1. The summed E-state index contributed by atoms with van der Waals surface area (Å²) in [6, 6.07) is 3.33. The van der Waals surface area contributed by atoms with Crippen LogP contribution >= 0.6 is 11.3 Å². The average Bonchev–Trinajstić information content (AvgIpc) is 2.89. The number of nitrogens with zero attached hydrogens (tertiary/aromatic N) is 1. The van der Waals surface area contributed by atoms with Gasteiger partial charge in [0.15, 0.2) is 0 Å². The number of hydrogen-bond acceptors (Lipinski definition) is 5. The molecule has 0 spiro atoms. The summed E-state index contributed by atoms with van der Waals surface area (Å²) in [7, 11) is 0. The Hall–Kier alpha value is -1.92. The summed E-state index contributed by atoms with van der Waals surface area (Å²) in [4.78, 5) is 16.3. The highest BCUT2D eigenvalue weighted by molar-refractivity contribution is 7.09. The molecule has 4 N–H and O–H groups in total. The largest absolute Gasteiger partial charge is 0.507 e. The standard InChI is InChI=1S/C14H17N3O2S/c1-7-4-5-10(8(2)12(7)18)16-13(19)11-6-20-14(17-11)9(3)15/h4-6,9,18H,15H2,1-3H3,(H,16,19). The number of anilines is 1. The summed E-state index contributed by atoms with van der Waals surface area (Å²) < 4.78 is 0.